The van der Waals surface area contributed by atoms with Gasteiger partial charge < -0.3 is 9.15 Å². The second kappa shape index (κ2) is 6.01. The standard InChI is InChI=1S/C20H18FNO3/c1-12-13(2)20(23)25-19-15(12)7-8-18-16(19)10-22(11-24-18)9-14-5-3-4-6-17(14)21/h3-8H,9-11H2,1-2H3. The summed E-state index contributed by atoms with van der Waals surface area (Å²) in [5, 5.41) is 0.909. The highest BCUT2D eigenvalue weighted by molar-refractivity contribution is 5.85. The van der Waals surface area contributed by atoms with Gasteiger partial charge >= 0.3 is 5.63 Å². The van der Waals surface area contributed by atoms with E-state index in [0.717, 1.165) is 16.5 Å². The number of aryl methyl sites for hydroxylation is 1. The highest BCUT2D eigenvalue weighted by atomic mass is 19.1. The topological polar surface area (TPSA) is 42.7 Å². The molecule has 0 unspecified atom stereocenters. The average molecular weight is 339 g/mol. The smallest absolute Gasteiger partial charge is 0.339 e. The number of halogens is 1. The Morgan fingerprint density at radius 2 is 1.92 bits per heavy atom. The first-order valence-corrected chi connectivity index (χ1v) is 8.19. The van der Waals surface area contributed by atoms with Crippen LogP contribution in [0.25, 0.3) is 11.0 Å². The summed E-state index contributed by atoms with van der Waals surface area (Å²) < 4.78 is 25.3. The van der Waals surface area contributed by atoms with Crippen molar-refractivity contribution >= 4 is 11.0 Å². The fourth-order valence-electron chi connectivity index (χ4n) is 3.23. The van der Waals surface area contributed by atoms with Gasteiger partial charge in [0.2, 0.25) is 0 Å². The molecule has 25 heavy (non-hydrogen) atoms. The molecular weight excluding hydrogens is 321 g/mol. The lowest BCUT2D eigenvalue weighted by molar-refractivity contribution is 0.0879. The minimum atomic E-state index is -0.329. The van der Waals surface area contributed by atoms with Gasteiger partial charge in [-0.3, -0.25) is 4.90 Å². The van der Waals surface area contributed by atoms with E-state index in [1.165, 1.54) is 6.07 Å². The van der Waals surface area contributed by atoms with Gasteiger partial charge in [-0.25, -0.2) is 9.18 Å². The molecule has 0 saturated carbocycles. The highest BCUT2D eigenvalue weighted by Crippen LogP contribution is 2.34. The van der Waals surface area contributed by atoms with Crippen molar-refractivity contribution in [3.8, 4) is 5.75 Å². The van der Waals surface area contributed by atoms with Crippen LogP contribution in [0.4, 0.5) is 4.39 Å². The Bertz CT molecular complexity index is 1030. The summed E-state index contributed by atoms with van der Waals surface area (Å²) in [7, 11) is 0. The van der Waals surface area contributed by atoms with Crippen molar-refractivity contribution in [2.75, 3.05) is 6.73 Å². The van der Waals surface area contributed by atoms with Crippen LogP contribution in [-0.2, 0) is 13.1 Å². The maximum atomic E-state index is 13.9. The fourth-order valence-corrected chi connectivity index (χ4v) is 3.23. The molecule has 1 aromatic heterocycles. The molecule has 0 amide bonds. The zero-order valence-corrected chi connectivity index (χ0v) is 14.1. The average Bonchev–Trinajstić information content (AvgIpc) is 2.62. The predicted octanol–water partition coefficient (Wildman–Crippen LogP) is 3.90. The van der Waals surface area contributed by atoms with Gasteiger partial charge in [-0.05, 0) is 37.6 Å². The Hall–Kier alpha value is -2.66. The number of benzene rings is 2. The molecule has 0 N–H and O–H groups in total. The molecule has 4 rings (SSSR count). The number of rotatable bonds is 2. The Morgan fingerprint density at radius 1 is 1.12 bits per heavy atom. The number of ether oxygens (including phenoxy) is 1. The summed E-state index contributed by atoms with van der Waals surface area (Å²) in [6, 6.07) is 10.5. The molecule has 0 radical (unpaired) electrons. The number of fused-ring (bicyclic) bond motifs is 3. The summed E-state index contributed by atoms with van der Waals surface area (Å²) in [6.45, 7) is 5.01. The van der Waals surface area contributed by atoms with Crippen LogP contribution in [0, 0.1) is 19.7 Å². The monoisotopic (exact) mass is 339 g/mol. The van der Waals surface area contributed by atoms with E-state index in [2.05, 4.69) is 0 Å². The Kier molecular flexibility index (Phi) is 3.81. The third kappa shape index (κ3) is 2.70. The number of hydrogen-bond donors (Lipinski definition) is 0. The highest BCUT2D eigenvalue weighted by Gasteiger charge is 2.23. The van der Waals surface area contributed by atoms with Gasteiger partial charge in [-0.2, -0.15) is 0 Å². The molecule has 2 aromatic carbocycles. The van der Waals surface area contributed by atoms with Crippen LogP contribution in [0.1, 0.15) is 22.3 Å². The second-order valence-corrected chi connectivity index (χ2v) is 6.41. The van der Waals surface area contributed by atoms with Crippen molar-refractivity contribution in [2.24, 2.45) is 0 Å². The van der Waals surface area contributed by atoms with Crippen LogP contribution >= 0.6 is 0 Å². The van der Waals surface area contributed by atoms with E-state index in [-0.39, 0.29) is 11.4 Å². The van der Waals surface area contributed by atoms with Crippen LogP contribution in [0.15, 0.2) is 45.6 Å². The minimum absolute atomic E-state index is 0.232. The molecule has 0 fully saturated rings. The van der Waals surface area contributed by atoms with Gasteiger partial charge in [0.1, 0.15) is 23.9 Å². The van der Waals surface area contributed by atoms with E-state index in [4.69, 9.17) is 9.15 Å². The summed E-state index contributed by atoms with van der Waals surface area (Å²) in [6.07, 6.45) is 0. The molecule has 5 heteroatoms. The molecular formula is C20H18FNO3. The molecule has 0 bridgehead atoms. The van der Waals surface area contributed by atoms with Gasteiger partial charge in [0.25, 0.3) is 0 Å². The molecule has 128 valence electrons. The van der Waals surface area contributed by atoms with Gasteiger partial charge in [-0.1, -0.05) is 18.2 Å². The Morgan fingerprint density at radius 3 is 2.72 bits per heavy atom. The van der Waals surface area contributed by atoms with E-state index < -0.39 is 0 Å². The zero-order valence-electron chi connectivity index (χ0n) is 14.1. The van der Waals surface area contributed by atoms with Crippen molar-refractivity contribution in [1.29, 1.82) is 0 Å². The van der Waals surface area contributed by atoms with Gasteiger partial charge in [-0.15, -0.1) is 0 Å². The number of hydrogen-bond acceptors (Lipinski definition) is 4. The van der Waals surface area contributed by atoms with E-state index in [1.54, 1.807) is 19.1 Å². The van der Waals surface area contributed by atoms with Crippen molar-refractivity contribution < 1.29 is 13.5 Å². The third-order valence-corrected chi connectivity index (χ3v) is 4.82. The molecule has 0 atom stereocenters. The maximum Gasteiger partial charge on any atom is 0.339 e. The number of nitrogens with zero attached hydrogens (tertiary/aromatic N) is 1. The maximum absolute atomic E-state index is 13.9. The Labute approximate surface area is 144 Å². The molecule has 1 aliphatic rings. The van der Waals surface area contributed by atoms with Gasteiger partial charge in [0.15, 0.2) is 0 Å². The van der Waals surface area contributed by atoms with Gasteiger partial charge in [0.05, 0.1) is 5.56 Å². The SMILES string of the molecule is Cc1c(C)c2ccc3c(c2oc1=O)CN(Cc1ccccc1F)CO3. The Balaban J connectivity index is 1.75. The van der Waals surface area contributed by atoms with E-state index >= 15 is 0 Å². The molecule has 0 aliphatic carbocycles. The second-order valence-electron chi connectivity index (χ2n) is 6.41. The fraction of sp³-hybridized carbons (Fsp3) is 0.250. The first-order chi connectivity index (χ1) is 12.0. The van der Waals surface area contributed by atoms with Crippen LogP contribution in [0.2, 0.25) is 0 Å². The zero-order chi connectivity index (χ0) is 17.6. The van der Waals surface area contributed by atoms with Crippen molar-refractivity contribution in [1.82, 2.24) is 4.90 Å². The molecule has 3 aromatic rings. The van der Waals surface area contributed by atoms with Crippen molar-refractivity contribution in [3.05, 3.63) is 74.9 Å². The van der Waals surface area contributed by atoms with E-state index in [9.17, 15) is 9.18 Å². The summed E-state index contributed by atoms with van der Waals surface area (Å²) in [4.78, 5) is 14.1. The lowest BCUT2D eigenvalue weighted by Gasteiger charge is -2.29. The summed E-state index contributed by atoms with van der Waals surface area (Å²) >= 11 is 0. The van der Waals surface area contributed by atoms with Crippen molar-refractivity contribution in [3.63, 3.8) is 0 Å². The van der Waals surface area contributed by atoms with E-state index in [1.807, 2.05) is 30.0 Å². The lowest BCUT2D eigenvalue weighted by atomic mass is 10.0. The van der Waals surface area contributed by atoms with Crippen LogP contribution in [0.5, 0.6) is 5.75 Å². The quantitative estimate of drug-likeness (QED) is 0.664. The third-order valence-electron chi connectivity index (χ3n) is 4.82. The van der Waals surface area contributed by atoms with Crippen LogP contribution in [0.3, 0.4) is 0 Å². The molecule has 4 nitrogen and oxygen atoms in total. The van der Waals surface area contributed by atoms with Gasteiger partial charge in [0, 0.05) is 29.6 Å². The van der Waals surface area contributed by atoms with Crippen LogP contribution < -0.4 is 10.4 Å². The largest absolute Gasteiger partial charge is 0.478 e. The van der Waals surface area contributed by atoms with Crippen molar-refractivity contribution in [2.45, 2.75) is 26.9 Å². The molecule has 0 saturated heterocycles. The molecule has 0 spiro atoms. The minimum Gasteiger partial charge on any atom is -0.478 e. The molecule has 1 aliphatic heterocycles. The molecule has 2 heterocycles. The normalized spacial score (nSPS) is 14.4. The first-order valence-electron chi connectivity index (χ1n) is 8.19. The summed E-state index contributed by atoms with van der Waals surface area (Å²) in [5.41, 5.74) is 3.21. The lowest BCUT2D eigenvalue weighted by Crippen LogP contribution is -2.32. The first kappa shape index (κ1) is 15.8. The van der Waals surface area contributed by atoms with E-state index in [0.29, 0.717) is 42.3 Å². The summed E-state index contributed by atoms with van der Waals surface area (Å²) in [5.74, 6) is 0.480. The van der Waals surface area contributed by atoms with Crippen LogP contribution in [-0.4, -0.2) is 11.6 Å². The predicted molar refractivity (Wildman–Crippen MR) is 93.1 cm³/mol.